The lowest BCUT2D eigenvalue weighted by Crippen LogP contribution is -2.00. The SMILES string of the molecule is COc1ccc(CC(O)c2csc(C)c2)cc1. The first kappa shape index (κ1) is 12.1. The molecular formula is C14H16O2S. The molecule has 2 rings (SSSR count). The Kier molecular flexibility index (Phi) is 3.82. The fourth-order valence-corrected chi connectivity index (χ4v) is 2.49. The van der Waals surface area contributed by atoms with Crippen LogP contribution in [0.2, 0.25) is 0 Å². The summed E-state index contributed by atoms with van der Waals surface area (Å²) in [5, 5.41) is 12.1. The summed E-state index contributed by atoms with van der Waals surface area (Å²) >= 11 is 1.67. The van der Waals surface area contributed by atoms with Crippen molar-refractivity contribution in [3.63, 3.8) is 0 Å². The van der Waals surface area contributed by atoms with E-state index >= 15 is 0 Å². The van der Waals surface area contributed by atoms with Crippen molar-refractivity contribution in [2.45, 2.75) is 19.4 Å². The molecule has 17 heavy (non-hydrogen) atoms. The molecule has 1 aromatic heterocycles. The van der Waals surface area contributed by atoms with E-state index in [-0.39, 0.29) is 0 Å². The Balaban J connectivity index is 2.04. The van der Waals surface area contributed by atoms with Gasteiger partial charge in [0.15, 0.2) is 0 Å². The van der Waals surface area contributed by atoms with Crippen molar-refractivity contribution in [1.82, 2.24) is 0 Å². The summed E-state index contributed by atoms with van der Waals surface area (Å²) in [5.41, 5.74) is 2.12. The van der Waals surface area contributed by atoms with E-state index in [1.165, 1.54) is 4.88 Å². The number of aliphatic hydroxyl groups excluding tert-OH is 1. The van der Waals surface area contributed by atoms with Crippen molar-refractivity contribution in [2.24, 2.45) is 0 Å². The predicted octanol–water partition coefficient (Wildman–Crippen LogP) is 3.34. The van der Waals surface area contributed by atoms with Gasteiger partial charge in [-0.05, 0) is 41.6 Å². The number of methoxy groups -OCH3 is 1. The van der Waals surface area contributed by atoms with Crippen molar-refractivity contribution in [1.29, 1.82) is 0 Å². The number of rotatable bonds is 4. The lowest BCUT2D eigenvalue weighted by molar-refractivity contribution is 0.179. The summed E-state index contributed by atoms with van der Waals surface area (Å²) in [6.45, 7) is 2.05. The maximum Gasteiger partial charge on any atom is 0.118 e. The van der Waals surface area contributed by atoms with Gasteiger partial charge in [0.2, 0.25) is 0 Å². The minimum absolute atomic E-state index is 0.423. The van der Waals surface area contributed by atoms with Gasteiger partial charge in [-0.2, -0.15) is 0 Å². The first-order valence-electron chi connectivity index (χ1n) is 5.55. The Morgan fingerprint density at radius 1 is 1.29 bits per heavy atom. The zero-order valence-electron chi connectivity index (χ0n) is 10.0. The Morgan fingerprint density at radius 2 is 2.00 bits per heavy atom. The molecule has 0 fully saturated rings. The van der Waals surface area contributed by atoms with E-state index in [9.17, 15) is 5.11 Å². The second kappa shape index (κ2) is 5.34. The maximum absolute atomic E-state index is 10.1. The first-order chi connectivity index (χ1) is 8.19. The average molecular weight is 248 g/mol. The molecule has 0 aliphatic rings. The van der Waals surface area contributed by atoms with Gasteiger partial charge in [-0.3, -0.25) is 0 Å². The lowest BCUT2D eigenvalue weighted by Gasteiger charge is -2.09. The number of ether oxygens (including phenoxy) is 1. The first-order valence-corrected chi connectivity index (χ1v) is 6.43. The molecule has 1 heterocycles. The van der Waals surface area contributed by atoms with Crippen LogP contribution in [0, 0.1) is 6.92 Å². The molecule has 0 aliphatic heterocycles. The summed E-state index contributed by atoms with van der Waals surface area (Å²) in [6.07, 6.45) is 0.216. The second-order valence-electron chi connectivity index (χ2n) is 4.06. The maximum atomic E-state index is 10.1. The molecule has 2 nitrogen and oxygen atoms in total. The van der Waals surface area contributed by atoms with E-state index in [0.29, 0.717) is 6.42 Å². The van der Waals surface area contributed by atoms with Crippen LogP contribution in [0.4, 0.5) is 0 Å². The molecular weight excluding hydrogens is 232 g/mol. The molecule has 90 valence electrons. The molecule has 3 heteroatoms. The number of thiophene rings is 1. The van der Waals surface area contributed by atoms with Crippen molar-refractivity contribution < 1.29 is 9.84 Å². The fraction of sp³-hybridized carbons (Fsp3) is 0.286. The van der Waals surface area contributed by atoms with Crippen LogP contribution in [0.1, 0.15) is 22.1 Å². The smallest absolute Gasteiger partial charge is 0.118 e. The Bertz CT molecular complexity index is 473. The molecule has 0 bridgehead atoms. The molecule has 0 spiro atoms. The van der Waals surface area contributed by atoms with E-state index < -0.39 is 6.10 Å². The molecule has 0 amide bonds. The van der Waals surface area contributed by atoms with Gasteiger partial charge >= 0.3 is 0 Å². The highest BCUT2D eigenvalue weighted by molar-refractivity contribution is 7.10. The topological polar surface area (TPSA) is 29.5 Å². The van der Waals surface area contributed by atoms with Gasteiger partial charge in [-0.1, -0.05) is 12.1 Å². The van der Waals surface area contributed by atoms with E-state index in [2.05, 4.69) is 0 Å². The number of hydrogen-bond acceptors (Lipinski definition) is 3. The van der Waals surface area contributed by atoms with Gasteiger partial charge in [-0.15, -0.1) is 11.3 Å². The molecule has 0 radical (unpaired) electrons. The molecule has 0 saturated heterocycles. The van der Waals surface area contributed by atoms with Crippen LogP contribution in [-0.2, 0) is 6.42 Å². The van der Waals surface area contributed by atoms with Crippen molar-refractivity contribution in [3.8, 4) is 5.75 Å². The average Bonchev–Trinajstić information content (AvgIpc) is 2.77. The summed E-state index contributed by atoms with van der Waals surface area (Å²) in [5.74, 6) is 0.842. The quantitative estimate of drug-likeness (QED) is 0.899. The third-order valence-corrected chi connectivity index (χ3v) is 3.60. The molecule has 1 N–H and O–H groups in total. The van der Waals surface area contributed by atoms with Gasteiger partial charge < -0.3 is 9.84 Å². The lowest BCUT2D eigenvalue weighted by atomic mass is 10.0. The molecule has 1 aromatic carbocycles. The molecule has 1 unspecified atom stereocenters. The molecule has 0 aliphatic carbocycles. The number of aliphatic hydroxyl groups is 1. The van der Waals surface area contributed by atoms with E-state index in [1.807, 2.05) is 42.6 Å². The van der Waals surface area contributed by atoms with Crippen LogP contribution in [-0.4, -0.2) is 12.2 Å². The van der Waals surface area contributed by atoms with Crippen molar-refractivity contribution in [3.05, 3.63) is 51.7 Å². The van der Waals surface area contributed by atoms with Crippen molar-refractivity contribution >= 4 is 11.3 Å². The van der Waals surface area contributed by atoms with Gasteiger partial charge in [0.05, 0.1) is 13.2 Å². The number of benzene rings is 1. The Hall–Kier alpha value is -1.32. The summed E-state index contributed by atoms with van der Waals surface area (Å²) < 4.78 is 5.10. The van der Waals surface area contributed by atoms with Gasteiger partial charge in [0.25, 0.3) is 0 Å². The monoisotopic (exact) mass is 248 g/mol. The minimum Gasteiger partial charge on any atom is -0.497 e. The van der Waals surface area contributed by atoms with Crippen LogP contribution in [0.3, 0.4) is 0 Å². The zero-order valence-corrected chi connectivity index (χ0v) is 10.8. The van der Waals surface area contributed by atoms with Crippen LogP contribution in [0.5, 0.6) is 5.75 Å². The van der Waals surface area contributed by atoms with Crippen LogP contribution in [0.15, 0.2) is 35.7 Å². The highest BCUT2D eigenvalue weighted by atomic mass is 32.1. The zero-order chi connectivity index (χ0) is 12.3. The predicted molar refractivity (Wildman–Crippen MR) is 70.7 cm³/mol. The van der Waals surface area contributed by atoms with E-state index in [4.69, 9.17) is 4.74 Å². The Labute approximate surface area is 105 Å². The molecule has 1 atom stereocenters. The minimum atomic E-state index is -0.423. The van der Waals surface area contributed by atoms with Crippen LogP contribution >= 0.6 is 11.3 Å². The fourth-order valence-electron chi connectivity index (χ4n) is 1.74. The molecule has 0 saturated carbocycles. The summed E-state index contributed by atoms with van der Waals surface area (Å²) in [7, 11) is 1.65. The van der Waals surface area contributed by atoms with E-state index in [0.717, 1.165) is 16.9 Å². The highest BCUT2D eigenvalue weighted by Crippen LogP contribution is 2.24. The third kappa shape index (κ3) is 3.08. The Morgan fingerprint density at radius 3 is 2.53 bits per heavy atom. The standard InChI is InChI=1S/C14H16O2S/c1-10-7-12(9-17-10)14(15)8-11-3-5-13(16-2)6-4-11/h3-7,9,14-15H,8H2,1-2H3. The van der Waals surface area contributed by atoms with E-state index in [1.54, 1.807) is 18.4 Å². The summed E-state index contributed by atoms with van der Waals surface area (Å²) in [6, 6.07) is 9.85. The van der Waals surface area contributed by atoms with Crippen molar-refractivity contribution in [2.75, 3.05) is 7.11 Å². The van der Waals surface area contributed by atoms with Gasteiger partial charge in [0, 0.05) is 11.3 Å². The third-order valence-electron chi connectivity index (χ3n) is 2.72. The second-order valence-corrected chi connectivity index (χ2v) is 5.17. The highest BCUT2D eigenvalue weighted by Gasteiger charge is 2.10. The van der Waals surface area contributed by atoms with Crippen LogP contribution in [0.25, 0.3) is 0 Å². The van der Waals surface area contributed by atoms with Gasteiger partial charge in [0.1, 0.15) is 5.75 Å². The normalized spacial score (nSPS) is 12.4. The van der Waals surface area contributed by atoms with Crippen LogP contribution < -0.4 is 4.74 Å². The molecule has 2 aromatic rings. The largest absolute Gasteiger partial charge is 0.497 e. The number of hydrogen-bond donors (Lipinski definition) is 1. The summed E-state index contributed by atoms with van der Waals surface area (Å²) in [4.78, 5) is 1.23. The van der Waals surface area contributed by atoms with Gasteiger partial charge in [-0.25, -0.2) is 0 Å². The number of aryl methyl sites for hydroxylation is 1.